The summed E-state index contributed by atoms with van der Waals surface area (Å²) in [6.07, 6.45) is 3.59. The fraction of sp³-hybridized carbons (Fsp3) is 0.111. The lowest BCUT2D eigenvalue weighted by Gasteiger charge is -1.98. The van der Waals surface area contributed by atoms with E-state index in [1.165, 1.54) is 0 Å². The van der Waals surface area contributed by atoms with Crippen LogP contribution in [0.1, 0.15) is 5.82 Å². The molecule has 2 rings (SSSR count). The van der Waals surface area contributed by atoms with E-state index in [4.69, 9.17) is 5.73 Å². The first-order chi connectivity index (χ1) is 6.27. The highest BCUT2D eigenvalue weighted by molar-refractivity contribution is 7.14. The van der Waals surface area contributed by atoms with Crippen LogP contribution in [0.4, 0.5) is 5.69 Å². The van der Waals surface area contributed by atoms with Crippen molar-refractivity contribution < 1.29 is 0 Å². The second kappa shape index (κ2) is 3.14. The largest absolute Gasteiger partial charge is 0.398 e. The summed E-state index contributed by atoms with van der Waals surface area (Å²) in [5.41, 5.74) is 7.54. The highest BCUT2D eigenvalue weighted by atomic mass is 32.1. The van der Waals surface area contributed by atoms with Gasteiger partial charge in [-0.15, -0.1) is 11.3 Å². The summed E-state index contributed by atoms with van der Waals surface area (Å²) < 4.78 is 0. The summed E-state index contributed by atoms with van der Waals surface area (Å²) in [4.78, 5) is 9.27. The molecule has 0 spiro atoms. The molecule has 2 aromatic rings. The van der Waals surface area contributed by atoms with Gasteiger partial charge < -0.3 is 5.73 Å². The molecule has 3 nitrogen and oxygen atoms in total. The van der Waals surface area contributed by atoms with E-state index in [0.717, 1.165) is 22.0 Å². The predicted octanol–water partition coefficient (Wildman–Crippen LogP) is 2.10. The van der Waals surface area contributed by atoms with Crippen LogP contribution in [0, 0.1) is 6.92 Å². The minimum Gasteiger partial charge on any atom is -0.398 e. The number of hydrogen-bond donors (Lipinski definition) is 1. The maximum absolute atomic E-state index is 5.77. The Morgan fingerprint density at radius 2 is 2.00 bits per heavy atom. The molecule has 0 fully saturated rings. The van der Waals surface area contributed by atoms with Crippen molar-refractivity contribution in [2.24, 2.45) is 0 Å². The van der Waals surface area contributed by atoms with Crippen LogP contribution in [0.3, 0.4) is 0 Å². The van der Waals surface area contributed by atoms with E-state index < -0.39 is 0 Å². The monoisotopic (exact) mass is 191 g/mol. The van der Waals surface area contributed by atoms with Gasteiger partial charge >= 0.3 is 0 Å². The number of aryl methyl sites for hydroxylation is 1. The molecular formula is C9H9N3S. The predicted molar refractivity (Wildman–Crippen MR) is 54.5 cm³/mol. The molecule has 2 heterocycles. The minimum absolute atomic E-state index is 0.777. The molecule has 0 bridgehead atoms. The van der Waals surface area contributed by atoms with E-state index in [9.17, 15) is 0 Å². The Hall–Kier alpha value is -1.42. The van der Waals surface area contributed by atoms with Crippen molar-refractivity contribution in [3.8, 4) is 10.4 Å². The molecule has 2 aromatic heterocycles. The van der Waals surface area contributed by atoms with Crippen LogP contribution >= 0.6 is 11.3 Å². The standard InChI is InChI=1S/C9H9N3S/c1-6-11-4-7(5-12-6)9-8(10)2-3-13-9/h2-5H,10H2,1H3. The first-order valence-corrected chi connectivity index (χ1v) is 4.77. The molecule has 0 aliphatic heterocycles. The molecule has 0 unspecified atom stereocenters. The van der Waals surface area contributed by atoms with E-state index in [1.807, 2.05) is 18.4 Å². The Morgan fingerprint density at radius 3 is 2.54 bits per heavy atom. The van der Waals surface area contributed by atoms with Gasteiger partial charge in [0.1, 0.15) is 5.82 Å². The van der Waals surface area contributed by atoms with Gasteiger partial charge in [-0.25, -0.2) is 9.97 Å². The first kappa shape index (κ1) is 8.19. The molecule has 0 aliphatic rings. The SMILES string of the molecule is Cc1ncc(-c2sccc2N)cn1. The first-order valence-electron chi connectivity index (χ1n) is 3.89. The number of anilines is 1. The Morgan fingerprint density at radius 1 is 1.31 bits per heavy atom. The zero-order valence-electron chi connectivity index (χ0n) is 7.19. The van der Waals surface area contributed by atoms with Crippen molar-refractivity contribution in [2.45, 2.75) is 6.92 Å². The summed E-state index contributed by atoms with van der Waals surface area (Å²) in [6, 6.07) is 1.89. The van der Waals surface area contributed by atoms with E-state index in [1.54, 1.807) is 23.7 Å². The third-order valence-corrected chi connectivity index (χ3v) is 2.72. The van der Waals surface area contributed by atoms with Gasteiger partial charge in [-0.3, -0.25) is 0 Å². The van der Waals surface area contributed by atoms with Crippen molar-refractivity contribution in [3.05, 3.63) is 29.7 Å². The van der Waals surface area contributed by atoms with Gasteiger partial charge in [0.15, 0.2) is 0 Å². The van der Waals surface area contributed by atoms with E-state index in [-0.39, 0.29) is 0 Å². The highest BCUT2D eigenvalue weighted by Gasteiger charge is 2.03. The lowest BCUT2D eigenvalue weighted by Crippen LogP contribution is -1.88. The fourth-order valence-electron chi connectivity index (χ4n) is 1.06. The highest BCUT2D eigenvalue weighted by Crippen LogP contribution is 2.30. The summed E-state index contributed by atoms with van der Waals surface area (Å²) in [5, 5.41) is 1.96. The average Bonchev–Trinajstić information content (AvgIpc) is 2.53. The molecule has 0 atom stereocenters. The van der Waals surface area contributed by atoms with Crippen molar-refractivity contribution in [1.29, 1.82) is 0 Å². The van der Waals surface area contributed by atoms with Crippen LogP contribution in [-0.4, -0.2) is 9.97 Å². The van der Waals surface area contributed by atoms with Crippen LogP contribution in [0.15, 0.2) is 23.8 Å². The Kier molecular flexibility index (Phi) is 1.98. The third kappa shape index (κ3) is 1.53. The zero-order valence-corrected chi connectivity index (χ0v) is 8.01. The molecule has 2 N–H and O–H groups in total. The molecule has 0 saturated carbocycles. The lowest BCUT2D eigenvalue weighted by molar-refractivity contribution is 1.06. The number of thiophene rings is 1. The van der Waals surface area contributed by atoms with Gasteiger partial charge in [0.05, 0.1) is 10.6 Å². The van der Waals surface area contributed by atoms with Crippen LogP contribution in [-0.2, 0) is 0 Å². The Balaban J connectivity index is 2.47. The number of rotatable bonds is 1. The molecule has 0 saturated heterocycles. The van der Waals surface area contributed by atoms with Crippen molar-refractivity contribution in [2.75, 3.05) is 5.73 Å². The Bertz CT molecular complexity index is 405. The lowest BCUT2D eigenvalue weighted by atomic mass is 10.2. The van der Waals surface area contributed by atoms with Gasteiger partial charge in [-0.1, -0.05) is 0 Å². The maximum Gasteiger partial charge on any atom is 0.125 e. The van der Waals surface area contributed by atoms with Crippen molar-refractivity contribution in [3.63, 3.8) is 0 Å². The molecule has 0 radical (unpaired) electrons. The third-order valence-electron chi connectivity index (χ3n) is 1.74. The van der Waals surface area contributed by atoms with Crippen LogP contribution in [0.2, 0.25) is 0 Å². The smallest absolute Gasteiger partial charge is 0.125 e. The van der Waals surface area contributed by atoms with E-state index >= 15 is 0 Å². The number of nitrogens with two attached hydrogens (primary N) is 1. The van der Waals surface area contributed by atoms with Gasteiger partial charge in [-0.05, 0) is 18.4 Å². The number of nitrogen functional groups attached to an aromatic ring is 1. The second-order valence-corrected chi connectivity index (χ2v) is 3.64. The fourth-order valence-corrected chi connectivity index (χ4v) is 1.86. The molecule has 0 amide bonds. The maximum atomic E-state index is 5.77. The second-order valence-electron chi connectivity index (χ2n) is 2.72. The molecule has 4 heteroatoms. The summed E-state index contributed by atoms with van der Waals surface area (Å²) >= 11 is 1.60. The molecule has 66 valence electrons. The van der Waals surface area contributed by atoms with Crippen LogP contribution in [0.5, 0.6) is 0 Å². The molecule has 13 heavy (non-hydrogen) atoms. The van der Waals surface area contributed by atoms with Gasteiger partial charge in [0.25, 0.3) is 0 Å². The quantitative estimate of drug-likeness (QED) is 0.751. The molecular weight excluding hydrogens is 182 g/mol. The van der Waals surface area contributed by atoms with Crippen LogP contribution < -0.4 is 5.73 Å². The summed E-state index contributed by atoms with van der Waals surface area (Å²) in [6.45, 7) is 1.86. The Labute approximate surface area is 80.3 Å². The molecule has 0 aliphatic carbocycles. The number of hydrogen-bond acceptors (Lipinski definition) is 4. The van der Waals surface area contributed by atoms with E-state index in [0.29, 0.717) is 0 Å². The normalized spacial score (nSPS) is 10.2. The number of aromatic nitrogens is 2. The van der Waals surface area contributed by atoms with Gasteiger partial charge in [0.2, 0.25) is 0 Å². The average molecular weight is 191 g/mol. The van der Waals surface area contributed by atoms with Crippen molar-refractivity contribution in [1.82, 2.24) is 9.97 Å². The number of nitrogens with zero attached hydrogens (tertiary/aromatic N) is 2. The summed E-state index contributed by atoms with van der Waals surface area (Å²) in [7, 11) is 0. The summed E-state index contributed by atoms with van der Waals surface area (Å²) in [5.74, 6) is 0.777. The van der Waals surface area contributed by atoms with Gasteiger partial charge in [-0.2, -0.15) is 0 Å². The van der Waals surface area contributed by atoms with E-state index in [2.05, 4.69) is 9.97 Å². The zero-order chi connectivity index (χ0) is 9.26. The van der Waals surface area contributed by atoms with Crippen LogP contribution in [0.25, 0.3) is 10.4 Å². The molecule has 0 aromatic carbocycles. The van der Waals surface area contributed by atoms with Crippen molar-refractivity contribution >= 4 is 17.0 Å². The van der Waals surface area contributed by atoms with Gasteiger partial charge in [0, 0.05) is 18.0 Å². The minimum atomic E-state index is 0.777. The topological polar surface area (TPSA) is 51.8 Å².